The third-order valence-electron chi connectivity index (χ3n) is 4.66. The fourth-order valence-electron chi connectivity index (χ4n) is 3.07. The maximum Gasteiger partial charge on any atom is 0.224 e. The number of rotatable bonds is 7. The zero-order valence-electron chi connectivity index (χ0n) is 16.7. The number of nitrogens with zero attached hydrogens (tertiary/aromatic N) is 4. The Hall–Kier alpha value is -3.94. The minimum absolute atomic E-state index is 0.119. The molecule has 0 aliphatic carbocycles. The summed E-state index contributed by atoms with van der Waals surface area (Å²) < 4.78 is 12.0. The smallest absolute Gasteiger partial charge is 0.224 e. The Morgan fingerprint density at radius 3 is 2.53 bits per heavy atom. The number of fused-ring (bicyclic) bond motifs is 1. The van der Waals surface area contributed by atoms with E-state index in [1.807, 2.05) is 60.7 Å². The molecule has 0 spiro atoms. The molecule has 0 saturated heterocycles. The molecule has 2 aromatic heterocycles. The van der Waals surface area contributed by atoms with Crippen LogP contribution in [0.1, 0.15) is 11.4 Å². The highest BCUT2D eigenvalue weighted by molar-refractivity contribution is 5.78. The van der Waals surface area contributed by atoms with Crippen molar-refractivity contribution in [2.75, 3.05) is 14.2 Å². The second-order valence-corrected chi connectivity index (χ2v) is 6.64. The Kier molecular flexibility index (Phi) is 5.56. The van der Waals surface area contributed by atoms with Gasteiger partial charge in [-0.05, 0) is 54.1 Å². The van der Waals surface area contributed by atoms with E-state index in [0.29, 0.717) is 11.5 Å². The molecule has 4 aromatic rings. The van der Waals surface area contributed by atoms with E-state index >= 15 is 0 Å². The molecule has 0 aliphatic rings. The highest BCUT2D eigenvalue weighted by Crippen LogP contribution is 2.21. The molecule has 2 heterocycles. The standard InChI is InChI=1S/C22H21N5O3/c1-29-17-8-6-16(7-9-17)19-10-11-20-24-25-21(27(20)26-19)14-23-22(28)13-15-4-3-5-18(12-15)30-2/h3-12H,13-14H2,1-2H3,(H,23,28). The van der Waals surface area contributed by atoms with Crippen molar-refractivity contribution < 1.29 is 14.3 Å². The normalized spacial score (nSPS) is 10.7. The average Bonchev–Trinajstić information content (AvgIpc) is 3.20. The molecule has 152 valence electrons. The molecule has 1 amide bonds. The predicted molar refractivity (Wildman–Crippen MR) is 111 cm³/mol. The number of carbonyl (C=O) groups excluding carboxylic acids is 1. The summed E-state index contributed by atoms with van der Waals surface area (Å²) in [4.78, 5) is 12.4. The van der Waals surface area contributed by atoms with E-state index in [1.54, 1.807) is 18.7 Å². The first-order chi connectivity index (χ1) is 14.7. The van der Waals surface area contributed by atoms with Crippen molar-refractivity contribution in [3.8, 4) is 22.8 Å². The third-order valence-corrected chi connectivity index (χ3v) is 4.66. The van der Waals surface area contributed by atoms with Gasteiger partial charge in [0.25, 0.3) is 0 Å². The van der Waals surface area contributed by atoms with Crippen molar-refractivity contribution in [3.63, 3.8) is 0 Å². The van der Waals surface area contributed by atoms with Gasteiger partial charge in [0.05, 0.1) is 32.9 Å². The Morgan fingerprint density at radius 1 is 0.967 bits per heavy atom. The number of benzene rings is 2. The van der Waals surface area contributed by atoms with Gasteiger partial charge >= 0.3 is 0 Å². The van der Waals surface area contributed by atoms with E-state index in [0.717, 1.165) is 28.3 Å². The second-order valence-electron chi connectivity index (χ2n) is 6.64. The lowest BCUT2D eigenvalue weighted by Gasteiger charge is -2.07. The van der Waals surface area contributed by atoms with E-state index < -0.39 is 0 Å². The first kappa shape index (κ1) is 19.4. The number of methoxy groups -OCH3 is 2. The van der Waals surface area contributed by atoms with Crippen molar-refractivity contribution in [2.24, 2.45) is 0 Å². The minimum Gasteiger partial charge on any atom is -0.497 e. The first-order valence-electron chi connectivity index (χ1n) is 9.41. The summed E-state index contributed by atoms with van der Waals surface area (Å²) >= 11 is 0. The fraction of sp³-hybridized carbons (Fsp3) is 0.182. The molecule has 0 bridgehead atoms. The fourth-order valence-corrected chi connectivity index (χ4v) is 3.07. The van der Waals surface area contributed by atoms with E-state index in [4.69, 9.17) is 9.47 Å². The molecule has 0 unspecified atom stereocenters. The zero-order valence-corrected chi connectivity index (χ0v) is 16.7. The van der Waals surface area contributed by atoms with Gasteiger partial charge in [0.15, 0.2) is 11.5 Å². The molecule has 0 saturated carbocycles. The Labute approximate surface area is 173 Å². The monoisotopic (exact) mass is 403 g/mol. The maximum absolute atomic E-state index is 12.4. The molecule has 0 aliphatic heterocycles. The maximum atomic E-state index is 12.4. The highest BCUT2D eigenvalue weighted by atomic mass is 16.5. The highest BCUT2D eigenvalue weighted by Gasteiger charge is 2.11. The Morgan fingerprint density at radius 2 is 1.77 bits per heavy atom. The lowest BCUT2D eigenvalue weighted by Crippen LogP contribution is -2.25. The first-order valence-corrected chi connectivity index (χ1v) is 9.41. The SMILES string of the molecule is COc1ccc(-c2ccc3nnc(CNC(=O)Cc4cccc(OC)c4)n3n2)cc1. The minimum atomic E-state index is -0.119. The summed E-state index contributed by atoms with van der Waals surface area (Å²) in [5, 5.41) is 15.8. The van der Waals surface area contributed by atoms with E-state index in [2.05, 4.69) is 20.6 Å². The molecule has 30 heavy (non-hydrogen) atoms. The van der Waals surface area contributed by atoms with Gasteiger partial charge < -0.3 is 14.8 Å². The summed E-state index contributed by atoms with van der Waals surface area (Å²) in [6.07, 6.45) is 0.248. The molecule has 8 nitrogen and oxygen atoms in total. The van der Waals surface area contributed by atoms with Crippen molar-refractivity contribution >= 4 is 11.6 Å². The molecule has 0 atom stereocenters. The van der Waals surface area contributed by atoms with Gasteiger partial charge in [-0.2, -0.15) is 9.61 Å². The summed E-state index contributed by atoms with van der Waals surface area (Å²) in [5.41, 5.74) is 3.20. The van der Waals surface area contributed by atoms with Crippen molar-refractivity contribution in [1.82, 2.24) is 25.1 Å². The predicted octanol–water partition coefficient (Wildman–Crippen LogP) is 2.67. The van der Waals surface area contributed by atoms with Crippen LogP contribution in [0.25, 0.3) is 16.9 Å². The van der Waals surface area contributed by atoms with Crippen molar-refractivity contribution in [2.45, 2.75) is 13.0 Å². The topological polar surface area (TPSA) is 90.6 Å². The number of amides is 1. The van der Waals surface area contributed by atoms with Gasteiger partial charge in [0.1, 0.15) is 11.5 Å². The Balaban J connectivity index is 1.47. The van der Waals surface area contributed by atoms with Gasteiger partial charge in [0, 0.05) is 5.56 Å². The molecular formula is C22H21N5O3. The number of aromatic nitrogens is 4. The van der Waals surface area contributed by atoms with Crippen LogP contribution in [0.4, 0.5) is 0 Å². The molecular weight excluding hydrogens is 382 g/mol. The van der Waals surface area contributed by atoms with Gasteiger partial charge in [-0.3, -0.25) is 4.79 Å². The zero-order chi connectivity index (χ0) is 20.9. The van der Waals surface area contributed by atoms with E-state index in [-0.39, 0.29) is 18.9 Å². The van der Waals surface area contributed by atoms with Gasteiger partial charge in [-0.15, -0.1) is 10.2 Å². The number of hydrogen-bond acceptors (Lipinski definition) is 6. The summed E-state index contributed by atoms with van der Waals surface area (Å²) in [6, 6.07) is 18.8. The van der Waals surface area contributed by atoms with Crippen LogP contribution < -0.4 is 14.8 Å². The lowest BCUT2D eigenvalue weighted by atomic mass is 10.1. The van der Waals surface area contributed by atoms with E-state index in [1.165, 1.54) is 0 Å². The van der Waals surface area contributed by atoms with Crippen LogP contribution in [-0.4, -0.2) is 39.9 Å². The van der Waals surface area contributed by atoms with Gasteiger partial charge in [-0.1, -0.05) is 12.1 Å². The quantitative estimate of drug-likeness (QED) is 0.510. The van der Waals surface area contributed by atoms with Crippen LogP contribution >= 0.6 is 0 Å². The molecule has 0 radical (unpaired) electrons. The van der Waals surface area contributed by atoms with E-state index in [9.17, 15) is 4.79 Å². The van der Waals surface area contributed by atoms with Crippen LogP contribution in [0.2, 0.25) is 0 Å². The number of hydrogen-bond donors (Lipinski definition) is 1. The van der Waals surface area contributed by atoms with Crippen LogP contribution in [0.15, 0.2) is 60.7 Å². The summed E-state index contributed by atoms with van der Waals surface area (Å²) in [5.74, 6) is 1.94. The number of ether oxygens (including phenoxy) is 2. The van der Waals surface area contributed by atoms with Crippen LogP contribution in [0.3, 0.4) is 0 Å². The van der Waals surface area contributed by atoms with Crippen LogP contribution in [0, 0.1) is 0 Å². The van der Waals surface area contributed by atoms with Gasteiger partial charge in [-0.25, -0.2) is 0 Å². The molecule has 8 heteroatoms. The molecule has 1 N–H and O–H groups in total. The van der Waals surface area contributed by atoms with Crippen molar-refractivity contribution in [1.29, 1.82) is 0 Å². The largest absolute Gasteiger partial charge is 0.497 e. The number of nitrogens with one attached hydrogen (secondary N) is 1. The second kappa shape index (κ2) is 8.60. The molecule has 0 fully saturated rings. The van der Waals surface area contributed by atoms with Crippen LogP contribution in [0.5, 0.6) is 11.5 Å². The van der Waals surface area contributed by atoms with Gasteiger partial charge in [0.2, 0.25) is 5.91 Å². The third kappa shape index (κ3) is 4.22. The summed E-state index contributed by atoms with van der Waals surface area (Å²) in [7, 11) is 3.23. The Bertz CT molecular complexity index is 1170. The lowest BCUT2D eigenvalue weighted by molar-refractivity contribution is -0.120. The number of carbonyl (C=O) groups is 1. The summed E-state index contributed by atoms with van der Waals surface area (Å²) in [6.45, 7) is 0.225. The van der Waals surface area contributed by atoms with Crippen LogP contribution in [-0.2, 0) is 17.8 Å². The van der Waals surface area contributed by atoms with Crippen molar-refractivity contribution in [3.05, 3.63) is 72.1 Å². The average molecular weight is 403 g/mol. The molecule has 4 rings (SSSR count). The molecule has 2 aromatic carbocycles.